The van der Waals surface area contributed by atoms with Gasteiger partial charge in [-0.2, -0.15) is 0 Å². The van der Waals surface area contributed by atoms with Crippen molar-refractivity contribution in [2.75, 3.05) is 46.9 Å². The van der Waals surface area contributed by atoms with Crippen LogP contribution in [0.5, 0.6) is 0 Å². The zero-order chi connectivity index (χ0) is 11.8. The molecule has 1 aliphatic rings. The molecule has 2 atom stereocenters. The van der Waals surface area contributed by atoms with Gasteiger partial charge in [-0.25, -0.2) is 0 Å². The average molecular weight is 229 g/mol. The van der Waals surface area contributed by atoms with Crippen LogP contribution < -0.4 is 11.1 Å². The summed E-state index contributed by atoms with van der Waals surface area (Å²) >= 11 is 0. The van der Waals surface area contributed by atoms with Gasteiger partial charge in [0.2, 0.25) is 0 Å². The molecule has 0 saturated heterocycles. The Kier molecular flexibility index (Phi) is 6.96. The van der Waals surface area contributed by atoms with Crippen LogP contribution in [0.2, 0.25) is 0 Å². The maximum atomic E-state index is 5.75. The van der Waals surface area contributed by atoms with Crippen molar-refractivity contribution in [2.45, 2.75) is 25.3 Å². The summed E-state index contributed by atoms with van der Waals surface area (Å²) < 4.78 is 5.05. The van der Waals surface area contributed by atoms with E-state index in [1.54, 1.807) is 7.11 Å². The molecule has 0 spiro atoms. The van der Waals surface area contributed by atoms with E-state index in [4.69, 9.17) is 10.5 Å². The Balaban J connectivity index is 2.05. The highest BCUT2D eigenvalue weighted by atomic mass is 16.5. The van der Waals surface area contributed by atoms with Gasteiger partial charge < -0.3 is 20.7 Å². The molecule has 1 saturated carbocycles. The molecule has 0 aromatic carbocycles. The Morgan fingerprint density at radius 2 is 2.19 bits per heavy atom. The van der Waals surface area contributed by atoms with Crippen molar-refractivity contribution in [1.82, 2.24) is 10.2 Å². The van der Waals surface area contributed by atoms with Crippen molar-refractivity contribution < 1.29 is 4.74 Å². The van der Waals surface area contributed by atoms with E-state index < -0.39 is 0 Å². The van der Waals surface area contributed by atoms with Crippen LogP contribution in [-0.4, -0.2) is 57.9 Å². The van der Waals surface area contributed by atoms with E-state index in [-0.39, 0.29) is 0 Å². The second-order valence-electron chi connectivity index (χ2n) is 4.78. The minimum Gasteiger partial charge on any atom is -0.383 e. The zero-order valence-corrected chi connectivity index (χ0v) is 10.7. The predicted molar refractivity (Wildman–Crippen MR) is 67.6 cm³/mol. The molecule has 0 amide bonds. The summed E-state index contributed by atoms with van der Waals surface area (Å²) in [4.78, 5) is 2.29. The molecule has 2 unspecified atom stereocenters. The van der Waals surface area contributed by atoms with Crippen LogP contribution in [-0.2, 0) is 4.74 Å². The molecule has 3 N–H and O–H groups in total. The summed E-state index contributed by atoms with van der Waals surface area (Å²) in [7, 11) is 3.88. The van der Waals surface area contributed by atoms with Crippen molar-refractivity contribution >= 4 is 0 Å². The first kappa shape index (κ1) is 13.9. The number of nitrogens with two attached hydrogens (primary N) is 1. The Morgan fingerprint density at radius 3 is 2.88 bits per heavy atom. The molecule has 1 rings (SSSR count). The molecule has 4 heteroatoms. The number of likely N-dealkylation sites (N-methyl/N-ethyl adjacent to an activating group) is 1. The number of hydrogen-bond donors (Lipinski definition) is 2. The van der Waals surface area contributed by atoms with Gasteiger partial charge in [0.1, 0.15) is 0 Å². The third-order valence-corrected chi connectivity index (χ3v) is 3.54. The van der Waals surface area contributed by atoms with Gasteiger partial charge in [-0.1, -0.05) is 6.42 Å². The quantitative estimate of drug-likeness (QED) is 0.628. The van der Waals surface area contributed by atoms with Crippen LogP contribution in [0, 0.1) is 5.92 Å². The first-order chi connectivity index (χ1) is 7.77. The number of rotatable bonds is 8. The van der Waals surface area contributed by atoms with Crippen LogP contribution in [0.4, 0.5) is 0 Å². The molecule has 0 aromatic heterocycles. The maximum absolute atomic E-state index is 5.75. The van der Waals surface area contributed by atoms with Crippen molar-refractivity contribution in [2.24, 2.45) is 11.7 Å². The van der Waals surface area contributed by atoms with Crippen molar-refractivity contribution in [3.63, 3.8) is 0 Å². The summed E-state index contributed by atoms with van der Waals surface area (Å²) in [6.45, 7) is 4.78. The normalized spacial score (nSPS) is 25.5. The highest BCUT2D eigenvalue weighted by Gasteiger charge is 2.24. The number of methoxy groups -OCH3 is 1. The minimum absolute atomic E-state index is 0.654. The van der Waals surface area contributed by atoms with E-state index in [1.807, 2.05) is 0 Å². The Bertz CT molecular complexity index is 178. The monoisotopic (exact) mass is 229 g/mol. The molecule has 1 fully saturated rings. The fraction of sp³-hybridized carbons (Fsp3) is 1.00. The number of hydrogen-bond acceptors (Lipinski definition) is 4. The minimum atomic E-state index is 0.654. The van der Waals surface area contributed by atoms with Crippen LogP contribution in [0.15, 0.2) is 0 Å². The van der Waals surface area contributed by atoms with E-state index in [2.05, 4.69) is 17.3 Å². The molecule has 0 bridgehead atoms. The molecule has 96 valence electrons. The van der Waals surface area contributed by atoms with Crippen molar-refractivity contribution in [3.8, 4) is 0 Å². The van der Waals surface area contributed by atoms with E-state index in [0.717, 1.165) is 32.8 Å². The Labute approximate surface area is 99.5 Å². The molecule has 0 aromatic rings. The van der Waals surface area contributed by atoms with E-state index in [9.17, 15) is 0 Å². The van der Waals surface area contributed by atoms with Crippen LogP contribution in [0.25, 0.3) is 0 Å². The highest BCUT2D eigenvalue weighted by molar-refractivity contribution is 4.83. The average Bonchev–Trinajstić information content (AvgIpc) is 2.74. The molecule has 0 radical (unpaired) electrons. The molecule has 4 nitrogen and oxygen atoms in total. The SMILES string of the molecule is COCCN(C)CCNC1CCCC1CN. The van der Waals surface area contributed by atoms with Gasteiger partial charge in [0, 0.05) is 32.8 Å². The van der Waals surface area contributed by atoms with Gasteiger partial charge >= 0.3 is 0 Å². The lowest BCUT2D eigenvalue weighted by atomic mass is 10.0. The van der Waals surface area contributed by atoms with Gasteiger partial charge in [0.15, 0.2) is 0 Å². The third-order valence-electron chi connectivity index (χ3n) is 3.54. The molecule has 0 heterocycles. The van der Waals surface area contributed by atoms with Gasteiger partial charge in [-0.3, -0.25) is 0 Å². The van der Waals surface area contributed by atoms with Gasteiger partial charge in [-0.05, 0) is 32.4 Å². The second-order valence-corrected chi connectivity index (χ2v) is 4.78. The van der Waals surface area contributed by atoms with E-state index in [0.29, 0.717) is 12.0 Å². The summed E-state index contributed by atoms with van der Waals surface area (Å²) in [5.74, 6) is 0.698. The summed E-state index contributed by atoms with van der Waals surface area (Å²) in [6.07, 6.45) is 3.93. The van der Waals surface area contributed by atoms with Gasteiger partial charge in [0.25, 0.3) is 0 Å². The van der Waals surface area contributed by atoms with Crippen molar-refractivity contribution in [1.29, 1.82) is 0 Å². The van der Waals surface area contributed by atoms with Crippen LogP contribution in [0.3, 0.4) is 0 Å². The fourth-order valence-corrected chi connectivity index (χ4v) is 2.39. The van der Waals surface area contributed by atoms with Gasteiger partial charge in [0.05, 0.1) is 6.61 Å². The van der Waals surface area contributed by atoms with Crippen LogP contribution >= 0.6 is 0 Å². The standard InChI is InChI=1S/C12H27N3O/c1-15(8-9-16-2)7-6-14-12-5-3-4-11(12)10-13/h11-12,14H,3-10,13H2,1-2H3. The molecule has 1 aliphatic carbocycles. The predicted octanol–water partition coefficient (Wildman–Crippen LogP) is 0.282. The summed E-state index contributed by atoms with van der Waals surface area (Å²) in [5, 5.41) is 3.63. The molecular formula is C12H27N3O. The fourth-order valence-electron chi connectivity index (χ4n) is 2.39. The summed E-state index contributed by atoms with van der Waals surface area (Å²) in [5.41, 5.74) is 5.75. The smallest absolute Gasteiger partial charge is 0.0589 e. The Morgan fingerprint density at radius 1 is 1.38 bits per heavy atom. The number of ether oxygens (including phenoxy) is 1. The molecule has 16 heavy (non-hydrogen) atoms. The Hall–Kier alpha value is -0.160. The second kappa shape index (κ2) is 8.01. The number of nitrogens with zero attached hydrogens (tertiary/aromatic N) is 1. The van der Waals surface area contributed by atoms with Gasteiger partial charge in [-0.15, -0.1) is 0 Å². The first-order valence-electron chi connectivity index (χ1n) is 6.39. The molecular weight excluding hydrogens is 202 g/mol. The molecule has 0 aliphatic heterocycles. The lowest BCUT2D eigenvalue weighted by molar-refractivity contribution is 0.160. The third kappa shape index (κ3) is 4.78. The van der Waals surface area contributed by atoms with Crippen LogP contribution in [0.1, 0.15) is 19.3 Å². The lowest BCUT2D eigenvalue weighted by Crippen LogP contribution is -2.40. The topological polar surface area (TPSA) is 50.5 Å². The zero-order valence-electron chi connectivity index (χ0n) is 10.7. The summed E-state index contributed by atoms with van der Waals surface area (Å²) in [6, 6.07) is 0.654. The van der Waals surface area contributed by atoms with E-state index >= 15 is 0 Å². The van der Waals surface area contributed by atoms with Crippen molar-refractivity contribution in [3.05, 3.63) is 0 Å². The largest absolute Gasteiger partial charge is 0.383 e. The van der Waals surface area contributed by atoms with E-state index in [1.165, 1.54) is 19.3 Å². The maximum Gasteiger partial charge on any atom is 0.0589 e. The lowest BCUT2D eigenvalue weighted by Gasteiger charge is -2.22. The first-order valence-corrected chi connectivity index (χ1v) is 6.39. The number of nitrogens with one attached hydrogen (secondary N) is 1. The highest BCUT2D eigenvalue weighted by Crippen LogP contribution is 2.24.